The number of allylic oxidation sites excluding steroid dienone is 3. The molecule has 6 rings (SSSR count). The van der Waals surface area contributed by atoms with Gasteiger partial charge < -0.3 is 9.47 Å². The minimum absolute atomic E-state index is 0.313. The third-order valence-electron chi connectivity index (χ3n) is 8.39. The first-order chi connectivity index (χ1) is 14.2. The van der Waals surface area contributed by atoms with Crippen LogP contribution in [0.15, 0.2) is 35.5 Å². The van der Waals surface area contributed by atoms with E-state index in [9.17, 15) is 9.59 Å². The summed E-state index contributed by atoms with van der Waals surface area (Å²) < 4.78 is 10.7. The Labute approximate surface area is 179 Å². The Bertz CT molecular complexity index is 890. The molecule has 160 valence electrons. The van der Waals surface area contributed by atoms with Crippen LogP contribution in [0.4, 0.5) is 0 Å². The first kappa shape index (κ1) is 21.0. The number of fused-ring (bicyclic) bond motifs is 2. The SMILES string of the molecule is CC1(C)C2CC=C(COC(=O)C#C/C=C/C(=O)OCC3=CCC4CC3C4(C)C)C1C2. The van der Waals surface area contributed by atoms with Crippen LogP contribution in [0.3, 0.4) is 0 Å². The number of rotatable bonds is 5. The van der Waals surface area contributed by atoms with Gasteiger partial charge in [-0.25, -0.2) is 9.59 Å². The van der Waals surface area contributed by atoms with Crippen molar-refractivity contribution in [3.63, 3.8) is 0 Å². The molecule has 0 heterocycles. The van der Waals surface area contributed by atoms with Gasteiger partial charge in [-0.15, -0.1) is 0 Å². The van der Waals surface area contributed by atoms with Crippen LogP contribution >= 0.6 is 0 Å². The largest absolute Gasteiger partial charge is 0.458 e. The summed E-state index contributed by atoms with van der Waals surface area (Å²) in [5.74, 6) is 6.55. The summed E-state index contributed by atoms with van der Waals surface area (Å²) in [6.07, 6.45) is 11.6. The first-order valence-corrected chi connectivity index (χ1v) is 11.1. The summed E-state index contributed by atoms with van der Waals surface area (Å²) in [5, 5.41) is 0. The van der Waals surface area contributed by atoms with Gasteiger partial charge in [0.15, 0.2) is 0 Å². The van der Waals surface area contributed by atoms with Gasteiger partial charge in [0.05, 0.1) is 0 Å². The molecule has 0 radical (unpaired) electrons. The molecule has 4 unspecified atom stereocenters. The van der Waals surface area contributed by atoms with Gasteiger partial charge in [-0.05, 0) is 77.4 Å². The average molecular weight is 409 g/mol. The third-order valence-corrected chi connectivity index (χ3v) is 8.39. The molecule has 2 saturated carbocycles. The molecule has 0 N–H and O–H groups in total. The van der Waals surface area contributed by atoms with E-state index < -0.39 is 11.9 Å². The molecule has 4 atom stereocenters. The maximum Gasteiger partial charge on any atom is 0.385 e. The van der Waals surface area contributed by atoms with E-state index in [-0.39, 0.29) is 0 Å². The monoisotopic (exact) mass is 408 g/mol. The van der Waals surface area contributed by atoms with E-state index in [0.717, 1.165) is 24.7 Å². The molecule has 0 aromatic rings. The van der Waals surface area contributed by atoms with Crippen LogP contribution in [0.2, 0.25) is 0 Å². The Morgan fingerprint density at radius 3 is 2.00 bits per heavy atom. The number of hydrogen-bond donors (Lipinski definition) is 0. The summed E-state index contributed by atoms with van der Waals surface area (Å²) in [6, 6.07) is 0. The molecule has 0 aliphatic heterocycles. The van der Waals surface area contributed by atoms with E-state index in [1.165, 1.54) is 36.1 Å². The lowest BCUT2D eigenvalue weighted by Gasteiger charge is -2.56. The van der Waals surface area contributed by atoms with Crippen molar-refractivity contribution in [1.29, 1.82) is 0 Å². The second-order valence-electron chi connectivity index (χ2n) is 10.4. The highest BCUT2D eigenvalue weighted by atomic mass is 16.5. The van der Waals surface area contributed by atoms with Gasteiger partial charge >= 0.3 is 11.9 Å². The molecule has 0 spiro atoms. The van der Waals surface area contributed by atoms with Gasteiger partial charge in [0, 0.05) is 12.0 Å². The molecule has 4 bridgehead atoms. The molecule has 0 aromatic heterocycles. The topological polar surface area (TPSA) is 52.6 Å². The quantitative estimate of drug-likeness (QED) is 0.219. The molecule has 4 heteroatoms. The highest BCUT2D eigenvalue weighted by Gasteiger charge is 2.52. The molecular weight excluding hydrogens is 376 g/mol. The Hall–Kier alpha value is -2.28. The molecule has 0 aromatic carbocycles. The van der Waals surface area contributed by atoms with E-state index in [2.05, 4.69) is 51.7 Å². The van der Waals surface area contributed by atoms with E-state index in [1.807, 2.05) is 0 Å². The predicted octanol–water partition coefficient (Wildman–Crippen LogP) is 4.62. The predicted molar refractivity (Wildman–Crippen MR) is 115 cm³/mol. The second-order valence-corrected chi connectivity index (χ2v) is 10.4. The van der Waals surface area contributed by atoms with Crippen LogP contribution in [0.25, 0.3) is 0 Å². The maximum absolute atomic E-state index is 11.9. The lowest BCUT2D eigenvalue weighted by atomic mass is 9.49. The highest BCUT2D eigenvalue weighted by Crippen LogP contribution is 2.60. The zero-order chi connectivity index (χ0) is 21.5. The number of carbonyl (C=O) groups is 2. The highest BCUT2D eigenvalue weighted by molar-refractivity contribution is 5.89. The molecule has 2 fully saturated rings. The van der Waals surface area contributed by atoms with Crippen LogP contribution in [0.5, 0.6) is 0 Å². The van der Waals surface area contributed by atoms with Crippen molar-refractivity contribution >= 4 is 11.9 Å². The molecule has 0 saturated heterocycles. The summed E-state index contributed by atoms with van der Waals surface area (Å²) in [7, 11) is 0. The minimum Gasteiger partial charge on any atom is -0.458 e. The summed E-state index contributed by atoms with van der Waals surface area (Å²) in [6.45, 7) is 9.83. The molecule has 4 nitrogen and oxygen atoms in total. The van der Waals surface area contributed by atoms with Crippen molar-refractivity contribution < 1.29 is 19.1 Å². The zero-order valence-electron chi connectivity index (χ0n) is 18.5. The Morgan fingerprint density at radius 1 is 0.967 bits per heavy atom. The fraction of sp³-hybridized carbons (Fsp3) is 0.615. The number of carbonyl (C=O) groups excluding carboxylic acids is 2. The van der Waals surface area contributed by atoms with Crippen LogP contribution in [-0.2, 0) is 19.1 Å². The number of esters is 2. The van der Waals surface area contributed by atoms with E-state index in [4.69, 9.17) is 9.47 Å². The van der Waals surface area contributed by atoms with Crippen LogP contribution < -0.4 is 0 Å². The number of ether oxygens (including phenoxy) is 2. The van der Waals surface area contributed by atoms with E-state index in [0.29, 0.717) is 35.9 Å². The average Bonchev–Trinajstić information content (AvgIpc) is 2.73. The fourth-order valence-corrected chi connectivity index (χ4v) is 5.88. The van der Waals surface area contributed by atoms with Crippen LogP contribution in [0, 0.1) is 46.3 Å². The normalized spacial score (nSPS) is 31.9. The molecular formula is C26H32O4. The standard InChI is InChI=1S/C26H32O4/c1-25(2)19-11-9-17(21(25)13-19)15-29-23(27)7-5-6-8-24(28)30-16-18-10-12-20-14-22(18)26(20,3)4/h5,7,9-10,19-22H,11-16H2,1-4H3/b7-5+. The Balaban J connectivity index is 1.18. The van der Waals surface area contributed by atoms with Crippen LogP contribution in [-0.4, -0.2) is 25.2 Å². The van der Waals surface area contributed by atoms with Crippen molar-refractivity contribution in [2.24, 2.45) is 34.5 Å². The van der Waals surface area contributed by atoms with Crippen molar-refractivity contribution in [3.8, 4) is 11.8 Å². The van der Waals surface area contributed by atoms with Crippen LogP contribution in [0.1, 0.15) is 53.4 Å². The van der Waals surface area contributed by atoms with Gasteiger partial charge in [0.2, 0.25) is 0 Å². The first-order valence-electron chi connectivity index (χ1n) is 11.1. The van der Waals surface area contributed by atoms with Gasteiger partial charge in [-0.2, -0.15) is 0 Å². The van der Waals surface area contributed by atoms with Gasteiger partial charge in [-0.1, -0.05) is 45.8 Å². The Morgan fingerprint density at radius 2 is 1.50 bits per heavy atom. The minimum atomic E-state index is -0.567. The molecule has 6 aliphatic carbocycles. The fourth-order valence-electron chi connectivity index (χ4n) is 5.88. The van der Waals surface area contributed by atoms with Gasteiger partial charge in [0.25, 0.3) is 0 Å². The molecule has 30 heavy (non-hydrogen) atoms. The lowest BCUT2D eigenvalue weighted by molar-refractivity contribution is -0.138. The van der Waals surface area contributed by atoms with Gasteiger partial charge in [0.1, 0.15) is 13.2 Å². The zero-order valence-corrected chi connectivity index (χ0v) is 18.5. The lowest BCUT2D eigenvalue weighted by Crippen LogP contribution is -2.48. The summed E-state index contributed by atoms with van der Waals surface area (Å²) in [5.41, 5.74) is 3.09. The second kappa shape index (κ2) is 7.76. The van der Waals surface area contributed by atoms with E-state index in [1.54, 1.807) is 0 Å². The van der Waals surface area contributed by atoms with E-state index >= 15 is 0 Å². The molecule has 0 amide bonds. The van der Waals surface area contributed by atoms with Crippen molar-refractivity contribution in [3.05, 3.63) is 35.5 Å². The van der Waals surface area contributed by atoms with Gasteiger partial charge in [-0.3, -0.25) is 0 Å². The third kappa shape index (κ3) is 3.75. The summed E-state index contributed by atoms with van der Waals surface area (Å²) in [4.78, 5) is 23.8. The number of hydrogen-bond acceptors (Lipinski definition) is 4. The van der Waals surface area contributed by atoms with Crippen molar-refractivity contribution in [1.82, 2.24) is 0 Å². The van der Waals surface area contributed by atoms with Crippen molar-refractivity contribution in [2.75, 3.05) is 13.2 Å². The summed E-state index contributed by atoms with van der Waals surface area (Å²) >= 11 is 0. The van der Waals surface area contributed by atoms with Crippen molar-refractivity contribution in [2.45, 2.75) is 53.4 Å². The smallest absolute Gasteiger partial charge is 0.385 e. The Kier molecular flexibility index (Phi) is 5.43. The maximum atomic E-state index is 11.9. The molecule has 6 aliphatic rings.